The second-order valence-corrected chi connectivity index (χ2v) is 5.82. The molecule has 94 valence electrons. The minimum absolute atomic E-state index is 0.00292. The van der Waals surface area contributed by atoms with Crippen molar-refractivity contribution < 1.29 is 17.9 Å². The average Bonchev–Trinajstić information content (AvgIpc) is 2.27. The van der Waals surface area contributed by atoms with Crippen molar-refractivity contribution in [2.75, 3.05) is 21.2 Å². The maximum Gasteiger partial charge on any atom is 0.339 e. The number of carbonyl (C=O) groups excluding carboxylic acids is 1. The number of esters is 1. The fourth-order valence-corrected chi connectivity index (χ4v) is 2.72. The molecule has 0 amide bonds. The highest BCUT2D eigenvalue weighted by atomic mass is 32.2. The molecule has 0 heterocycles. The van der Waals surface area contributed by atoms with E-state index in [-0.39, 0.29) is 10.5 Å². The maximum absolute atomic E-state index is 12.1. The zero-order valence-corrected chi connectivity index (χ0v) is 11.0. The first-order valence-electron chi connectivity index (χ1n) is 4.92. The molecule has 0 radical (unpaired) electrons. The summed E-state index contributed by atoms with van der Waals surface area (Å²) in [6, 6.07) is 4.70. The van der Waals surface area contributed by atoms with E-state index in [4.69, 9.17) is 0 Å². The van der Waals surface area contributed by atoms with Crippen LogP contribution < -0.4 is 0 Å². The zero-order valence-electron chi connectivity index (χ0n) is 10.2. The van der Waals surface area contributed by atoms with Crippen LogP contribution in [0.15, 0.2) is 23.1 Å². The van der Waals surface area contributed by atoms with Crippen LogP contribution in [0.3, 0.4) is 0 Å². The SMILES string of the molecule is COC(=O)c1cccc(C)c1S(=O)(=O)N(C)C. The molecule has 0 spiro atoms. The van der Waals surface area contributed by atoms with E-state index in [1.807, 2.05) is 0 Å². The largest absolute Gasteiger partial charge is 0.465 e. The number of carbonyl (C=O) groups is 1. The van der Waals surface area contributed by atoms with Crippen LogP contribution in [0.5, 0.6) is 0 Å². The number of nitrogens with zero attached hydrogens (tertiary/aromatic N) is 1. The predicted octanol–water partition coefficient (Wildman–Crippen LogP) is 1.03. The molecule has 1 aromatic rings. The molecule has 0 atom stereocenters. The van der Waals surface area contributed by atoms with E-state index in [1.165, 1.54) is 27.3 Å². The molecule has 0 saturated heterocycles. The summed E-state index contributed by atoms with van der Waals surface area (Å²) in [7, 11) is 0.397. The Hall–Kier alpha value is -1.40. The van der Waals surface area contributed by atoms with E-state index in [0.717, 1.165) is 4.31 Å². The predicted molar refractivity (Wildman–Crippen MR) is 63.4 cm³/mol. The molecular formula is C11H15NO4S. The number of methoxy groups -OCH3 is 1. The fourth-order valence-electron chi connectivity index (χ4n) is 1.45. The summed E-state index contributed by atoms with van der Waals surface area (Å²) in [4.78, 5) is 11.5. The highest BCUT2D eigenvalue weighted by molar-refractivity contribution is 7.89. The molecule has 1 aromatic carbocycles. The molecule has 0 bridgehead atoms. The Bertz CT molecular complexity index is 534. The van der Waals surface area contributed by atoms with Crippen molar-refractivity contribution in [1.29, 1.82) is 0 Å². The lowest BCUT2D eigenvalue weighted by Crippen LogP contribution is -2.25. The van der Waals surface area contributed by atoms with E-state index >= 15 is 0 Å². The van der Waals surface area contributed by atoms with Gasteiger partial charge in [0.2, 0.25) is 10.0 Å². The van der Waals surface area contributed by atoms with E-state index in [0.29, 0.717) is 5.56 Å². The van der Waals surface area contributed by atoms with Crippen LogP contribution in [0.4, 0.5) is 0 Å². The second kappa shape index (κ2) is 4.85. The lowest BCUT2D eigenvalue weighted by Gasteiger charge is -2.16. The first-order chi connectivity index (χ1) is 7.82. The van der Waals surface area contributed by atoms with Crippen molar-refractivity contribution in [2.45, 2.75) is 11.8 Å². The Morgan fingerprint density at radius 2 is 1.88 bits per heavy atom. The lowest BCUT2D eigenvalue weighted by molar-refractivity contribution is 0.0596. The monoisotopic (exact) mass is 257 g/mol. The van der Waals surface area contributed by atoms with Crippen molar-refractivity contribution in [2.24, 2.45) is 0 Å². The van der Waals surface area contributed by atoms with Crippen molar-refractivity contribution >= 4 is 16.0 Å². The number of hydrogen-bond acceptors (Lipinski definition) is 4. The maximum atomic E-state index is 12.1. The Morgan fingerprint density at radius 3 is 2.35 bits per heavy atom. The third-order valence-electron chi connectivity index (χ3n) is 2.36. The Balaban J connectivity index is 3.58. The van der Waals surface area contributed by atoms with E-state index in [1.54, 1.807) is 19.1 Å². The molecule has 0 aliphatic carbocycles. The van der Waals surface area contributed by atoms with Gasteiger partial charge in [-0.2, -0.15) is 0 Å². The van der Waals surface area contributed by atoms with E-state index in [2.05, 4.69) is 4.74 Å². The fraction of sp³-hybridized carbons (Fsp3) is 0.364. The molecule has 0 fully saturated rings. The number of benzene rings is 1. The van der Waals surface area contributed by atoms with Crippen LogP contribution in [-0.2, 0) is 14.8 Å². The van der Waals surface area contributed by atoms with Gasteiger partial charge in [-0.1, -0.05) is 12.1 Å². The summed E-state index contributed by atoms with van der Waals surface area (Å²) in [5, 5.41) is 0. The van der Waals surface area contributed by atoms with Gasteiger partial charge in [0.15, 0.2) is 0 Å². The molecule has 0 saturated carbocycles. The number of hydrogen-bond donors (Lipinski definition) is 0. The standard InChI is InChI=1S/C11H15NO4S/c1-8-6-5-7-9(11(13)16-4)10(8)17(14,15)12(2)3/h5-7H,1-4H3. The van der Waals surface area contributed by atoms with Gasteiger partial charge in [-0.15, -0.1) is 0 Å². The first kappa shape index (κ1) is 13.7. The first-order valence-corrected chi connectivity index (χ1v) is 6.37. The quantitative estimate of drug-likeness (QED) is 0.759. The summed E-state index contributed by atoms with van der Waals surface area (Å²) in [6.07, 6.45) is 0. The number of sulfonamides is 1. The van der Waals surface area contributed by atoms with Crippen molar-refractivity contribution in [1.82, 2.24) is 4.31 Å². The van der Waals surface area contributed by atoms with Gasteiger partial charge < -0.3 is 4.74 Å². The normalized spacial score (nSPS) is 11.6. The van der Waals surface area contributed by atoms with E-state index in [9.17, 15) is 13.2 Å². The summed E-state index contributed by atoms with van der Waals surface area (Å²) < 4.78 is 29.9. The summed E-state index contributed by atoms with van der Waals surface area (Å²) in [5.41, 5.74) is 0.572. The molecule has 0 unspecified atom stereocenters. The van der Waals surface area contributed by atoms with Gasteiger partial charge >= 0.3 is 5.97 Å². The molecule has 1 rings (SSSR count). The van der Waals surface area contributed by atoms with Gasteiger partial charge in [0, 0.05) is 14.1 Å². The van der Waals surface area contributed by atoms with Crippen LogP contribution in [0.25, 0.3) is 0 Å². The van der Waals surface area contributed by atoms with Gasteiger partial charge in [-0.05, 0) is 18.6 Å². The van der Waals surface area contributed by atoms with Crippen LogP contribution in [0, 0.1) is 6.92 Å². The van der Waals surface area contributed by atoms with Gasteiger partial charge in [0.1, 0.15) is 0 Å². The molecule has 0 aliphatic rings. The summed E-state index contributed by atoms with van der Waals surface area (Å²) in [5.74, 6) is -0.658. The number of rotatable bonds is 3. The van der Waals surface area contributed by atoms with Crippen LogP contribution >= 0.6 is 0 Å². The van der Waals surface area contributed by atoms with Gasteiger partial charge in [-0.3, -0.25) is 0 Å². The molecule has 5 nitrogen and oxygen atoms in total. The minimum atomic E-state index is -3.66. The molecular weight excluding hydrogens is 242 g/mol. The Kier molecular flexibility index (Phi) is 3.90. The van der Waals surface area contributed by atoms with Gasteiger partial charge in [-0.25, -0.2) is 17.5 Å². The van der Waals surface area contributed by atoms with Crippen molar-refractivity contribution in [3.05, 3.63) is 29.3 Å². The summed E-state index contributed by atoms with van der Waals surface area (Å²) in [6.45, 7) is 1.64. The van der Waals surface area contributed by atoms with Gasteiger partial charge in [0.05, 0.1) is 17.6 Å². The Labute approximate surface area is 101 Å². The highest BCUT2D eigenvalue weighted by Gasteiger charge is 2.26. The third-order valence-corrected chi connectivity index (χ3v) is 4.38. The molecule has 17 heavy (non-hydrogen) atoms. The van der Waals surface area contributed by atoms with Crippen LogP contribution in [0.1, 0.15) is 15.9 Å². The van der Waals surface area contributed by atoms with Crippen LogP contribution in [-0.4, -0.2) is 39.9 Å². The highest BCUT2D eigenvalue weighted by Crippen LogP contribution is 2.23. The Morgan fingerprint density at radius 1 is 1.29 bits per heavy atom. The van der Waals surface area contributed by atoms with Crippen molar-refractivity contribution in [3.63, 3.8) is 0 Å². The zero-order chi connectivity index (χ0) is 13.2. The molecule has 0 N–H and O–H groups in total. The number of aryl methyl sites for hydroxylation is 1. The van der Waals surface area contributed by atoms with Gasteiger partial charge in [0.25, 0.3) is 0 Å². The molecule has 6 heteroatoms. The third kappa shape index (κ3) is 2.48. The topological polar surface area (TPSA) is 63.7 Å². The summed E-state index contributed by atoms with van der Waals surface area (Å²) >= 11 is 0. The smallest absolute Gasteiger partial charge is 0.339 e. The van der Waals surface area contributed by atoms with Crippen LogP contribution in [0.2, 0.25) is 0 Å². The molecule has 0 aliphatic heterocycles. The molecule has 0 aromatic heterocycles. The van der Waals surface area contributed by atoms with E-state index < -0.39 is 16.0 Å². The average molecular weight is 257 g/mol. The number of ether oxygens (including phenoxy) is 1. The lowest BCUT2D eigenvalue weighted by atomic mass is 10.1. The van der Waals surface area contributed by atoms with Crippen molar-refractivity contribution in [3.8, 4) is 0 Å². The minimum Gasteiger partial charge on any atom is -0.465 e. The second-order valence-electron chi connectivity index (χ2n) is 3.73.